The van der Waals surface area contributed by atoms with E-state index < -0.39 is 5.91 Å². The average molecular weight is 277 g/mol. The maximum atomic E-state index is 11.3. The predicted octanol–water partition coefficient (Wildman–Crippen LogP) is 0.683. The van der Waals surface area contributed by atoms with Crippen molar-refractivity contribution in [1.29, 1.82) is 0 Å². The Kier molecular flexibility index (Phi) is 4.44. The van der Waals surface area contributed by atoms with Crippen LogP contribution >= 0.6 is 0 Å². The van der Waals surface area contributed by atoms with Crippen molar-refractivity contribution in [1.82, 2.24) is 9.88 Å². The highest BCUT2D eigenvalue weighted by atomic mass is 16.1. The third-order valence-electron chi connectivity index (χ3n) is 4.04. The predicted molar refractivity (Wildman–Crippen MR) is 80.7 cm³/mol. The van der Waals surface area contributed by atoms with Crippen molar-refractivity contribution in [3.05, 3.63) is 17.8 Å². The molecule has 2 heterocycles. The summed E-state index contributed by atoms with van der Waals surface area (Å²) in [6.07, 6.45) is 2.67. The highest BCUT2D eigenvalue weighted by Crippen LogP contribution is 2.20. The summed E-state index contributed by atoms with van der Waals surface area (Å²) in [6, 6.07) is 2.30. The first-order valence-electron chi connectivity index (χ1n) is 7.07. The van der Waals surface area contributed by atoms with E-state index in [9.17, 15) is 4.79 Å². The summed E-state index contributed by atoms with van der Waals surface area (Å²) >= 11 is 0. The number of hydrogen-bond acceptors (Lipinski definition) is 5. The van der Waals surface area contributed by atoms with Crippen molar-refractivity contribution in [3.63, 3.8) is 0 Å². The number of carbonyl (C=O) groups excluding carboxylic acids is 1. The first-order valence-corrected chi connectivity index (χ1v) is 7.07. The second-order valence-electron chi connectivity index (χ2n) is 5.27. The molecule has 1 aliphatic heterocycles. The van der Waals surface area contributed by atoms with Crippen LogP contribution in [-0.4, -0.2) is 48.0 Å². The number of rotatable bonds is 4. The summed E-state index contributed by atoms with van der Waals surface area (Å²) in [5.74, 6) is 0.265. The van der Waals surface area contributed by atoms with Crippen molar-refractivity contribution in [2.75, 3.05) is 36.8 Å². The van der Waals surface area contributed by atoms with Gasteiger partial charge in [0.25, 0.3) is 5.91 Å². The van der Waals surface area contributed by atoms with Crippen LogP contribution in [0.15, 0.2) is 12.3 Å². The lowest BCUT2D eigenvalue weighted by atomic mass is 10.1. The van der Waals surface area contributed by atoms with Gasteiger partial charge in [-0.3, -0.25) is 9.69 Å². The molecule has 6 heteroatoms. The molecule has 0 aliphatic carbocycles. The Morgan fingerprint density at radius 3 is 2.60 bits per heavy atom. The van der Waals surface area contributed by atoms with Crippen molar-refractivity contribution in [3.8, 4) is 0 Å². The third kappa shape index (κ3) is 3.01. The molecule has 4 N–H and O–H groups in total. The quantitative estimate of drug-likeness (QED) is 0.845. The normalized spacial score (nSPS) is 18.0. The van der Waals surface area contributed by atoms with Crippen LogP contribution in [-0.2, 0) is 0 Å². The van der Waals surface area contributed by atoms with Gasteiger partial charge in [-0.25, -0.2) is 4.98 Å². The minimum absolute atomic E-state index is 0.333. The molecular weight excluding hydrogens is 254 g/mol. The van der Waals surface area contributed by atoms with Crippen LogP contribution in [0.3, 0.4) is 0 Å². The number of carbonyl (C=O) groups is 1. The number of nitrogens with two attached hydrogens (primary N) is 2. The molecule has 1 fully saturated rings. The van der Waals surface area contributed by atoms with E-state index in [4.69, 9.17) is 11.5 Å². The van der Waals surface area contributed by atoms with E-state index >= 15 is 0 Å². The van der Waals surface area contributed by atoms with Crippen LogP contribution < -0.4 is 16.4 Å². The molecule has 0 saturated carbocycles. The molecule has 1 atom stereocenters. The van der Waals surface area contributed by atoms with Crippen LogP contribution in [0.2, 0.25) is 0 Å². The highest BCUT2D eigenvalue weighted by molar-refractivity contribution is 5.98. The third-order valence-corrected chi connectivity index (χ3v) is 4.04. The summed E-state index contributed by atoms with van der Waals surface area (Å²) in [7, 11) is 0. The SMILES string of the molecule is CCC(C)N1CCN(c2cc(C(N)=O)c(N)cn2)CC1. The minimum atomic E-state index is -0.510. The van der Waals surface area contributed by atoms with Gasteiger partial charge in [0.15, 0.2) is 0 Å². The maximum absolute atomic E-state index is 11.3. The number of hydrogen-bond donors (Lipinski definition) is 2. The Bertz CT molecular complexity index is 482. The topological polar surface area (TPSA) is 88.5 Å². The van der Waals surface area contributed by atoms with Crippen molar-refractivity contribution >= 4 is 17.4 Å². The van der Waals surface area contributed by atoms with Crippen LogP contribution in [0.4, 0.5) is 11.5 Å². The Morgan fingerprint density at radius 2 is 2.05 bits per heavy atom. The summed E-state index contributed by atoms with van der Waals surface area (Å²) < 4.78 is 0. The fraction of sp³-hybridized carbons (Fsp3) is 0.571. The Labute approximate surface area is 119 Å². The fourth-order valence-electron chi connectivity index (χ4n) is 2.49. The number of piperazine rings is 1. The van der Waals surface area contributed by atoms with E-state index in [1.54, 1.807) is 6.07 Å². The lowest BCUT2D eigenvalue weighted by molar-refractivity contribution is 0.100. The second-order valence-corrected chi connectivity index (χ2v) is 5.27. The molecule has 110 valence electrons. The van der Waals surface area contributed by atoms with Gasteiger partial charge in [0, 0.05) is 32.2 Å². The zero-order valence-electron chi connectivity index (χ0n) is 12.2. The van der Waals surface area contributed by atoms with E-state index in [0.29, 0.717) is 17.3 Å². The van der Waals surface area contributed by atoms with Gasteiger partial charge in [0.2, 0.25) is 0 Å². The van der Waals surface area contributed by atoms with Crippen LogP contribution in [0, 0.1) is 0 Å². The Balaban J connectivity index is 2.07. The number of amides is 1. The van der Waals surface area contributed by atoms with E-state index in [1.165, 1.54) is 6.20 Å². The molecule has 1 aliphatic rings. The van der Waals surface area contributed by atoms with Gasteiger partial charge >= 0.3 is 0 Å². The molecule has 1 amide bonds. The lowest BCUT2D eigenvalue weighted by Crippen LogP contribution is -2.49. The van der Waals surface area contributed by atoms with Gasteiger partial charge in [-0.1, -0.05) is 6.92 Å². The Morgan fingerprint density at radius 1 is 1.40 bits per heavy atom. The number of primary amides is 1. The zero-order valence-corrected chi connectivity index (χ0v) is 12.2. The van der Waals surface area contributed by atoms with Crippen molar-refractivity contribution < 1.29 is 4.79 Å². The van der Waals surface area contributed by atoms with E-state index in [-0.39, 0.29) is 0 Å². The number of aromatic nitrogens is 1. The van der Waals surface area contributed by atoms with Gasteiger partial charge < -0.3 is 16.4 Å². The zero-order chi connectivity index (χ0) is 14.7. The molecule has 20 heavy (non-hydrogen) atoms. The minimum Gasteiger partial charge on any atom is -0.397 e. The summed E-state index contributed by atoms with van der Waals surface area (Å²) in [4.78, 5) is 20.3. The molecule has 0 radical (unpaired) electrons. The van der Waals surface area contributed by atoms with Crippen molar-refractivity contribution in [2.45, 2.75) is 26.3 Å². The molecule has 1 unspecified atom stereocenters. The molecule has 6 nitrogen and oxygen atoms in total. The van der Waals surface area contributed by atoms with Gasteiger partial charge in [0.05, 0.1) is 17.4 Å². The number of nitrogens with zero attached hydrogens (tertiary/aromatic N) is 3. The summed E-state index contributed by atoms with van der Waals surface area (Å²) in [5.41, 5.74) is 11.7. The highest BCUT2D eigenvalue weighted by Gasteiger charge is 2.21. The van der Waals surface area contributed by atoms with E-state index in [1.807, 2.05) is 0 Å². The largest absolute Gasteiger partial charge is 0.397 e. The monoisotopic (exact) mass is 277 g/mol. The standard InChI is InChI=1S/C14H23N5O/c1-3-10(2)18-4-6-19(7-5-18)13-8-11(14(16)20)12(15)9-17-13/h8-10H,3-7,15H2,1-2H3,(H2,16,20). The van der Waals surface area contributed by atoms with Gasteiger partial charge in [-0.05, 0) is 19.4 Å². The molecule has 1 aromatic heterocycles. The van der Waals surface area contributed by atoms with Gasteiger partial charge in [-0.15, -0.1) is 0 Å². The van der Waals surface area contributed by atoms with Crippen molar-refractivity contribution in [2.24, 2.45) is 5.73 Å². The van der Waals surface area contributed by atoms with Crippen LogP contribution in [0.1, 0.15) is 30.6 Å². The van der Waals surface area contributed by atoms with E-state index in [2.05, 4.69) is 28.6 Å². The number of anilines is 2. The van der Waals surface area contributed by atoms with Crippen LogP contribution in [0.25, 0.3) is 0 Å². The summed E-state index contributed by atoms with van der Waals surface area (Å²) in [6.45, 7) is 8.28. The number of pyridine rings is 1. The molecule has 0 bridgehead atoms. The average Bonchev–Trinajstić information content (AvgIpc) is 2.47. The summed E-state index contributed by atoms with van der Waals surface area (Å²) in [5, 5.41) is 0. The molecule has 0 aromatic carbocycles. The van der Waals surface area contributed by atoms with Crippen LogP contribution in [0.5, 0.6) is 0 Å². The number of nitrogen functional groups attached to an aromatic ring is 1. The first kappa shape index (κ1) is 14.6. The lowest BCUT2D eigenvalue weighted by Gasteiger charge is -2.38. The molecule has 1 aromatic rings. The smallest absolute Gasteiger partial charge is 0.250 e. The molecule has 2 rings (SSSR count). The second kappa shape index (κ2) is 6.09. The maximum Gasteiger partial charge on any atom is 0.250 e. The Hall–Kier alpha value is -1.82. The molecule has 0 spiro atoms. The fourth-order valence-corrected chi connectivity index (χ4v) is 2.49. The van der Waals surface area contributed by atoms with E-state index in [0.717, 1.165) is 38.4 Å². The van der Waals surface area contributed by atoms with Gasteiger partial charge in [0.1, 0.15) is 5.82 Å². The molecule has 1 saturated heterocycles. The first-order chi connectivity index (χ1) is 9.52. The van der Waals surface area contributed by atoms with Gasteiger partial charge in [-0.2, -0.15) is 0 Å². The molecular formula is C14H23N5O.